The second-order valence-corrected chi connectivity index (χ2v) is 4.14. The summed E-state index contributed by atoms with van der Waals surface area (Å²) in [6.45, 7) is 4.80. The van der Waals surface area contributed by atoms with Crippen LogP contribution in [0.1, 0.15) is 33.1 Å². The third-order valence-corrected chi connectivity index (χ3v) is 2.78. The Morgan fingerprint density at radius 1 is 1.25 bits per heavy atom. The monoisotopic (exact) mass is 110 g/mol. The van der Waals surface area contributed by atoms with Crippen molar-refractivity contribution < 1.29 is 0 Å². The lowest BCUT2D eigenvalue weighted by atomic mass is 10.1. The molecule has 0 spiro atoms. The van der Waals surface area contributed by atoms with Crippen molar-refractivity contribution in [3.05, 3.63) is 0 Å². The van der Waals surface area contributed by atoms with Gasteiger partial charge in [0, 0.05) is 0 Å². The highest BCUT2D eigenvalue weighted by Crippen LogP contribution is 2.62. The van der Waals surface area contributed by atoms with Gasteiger partial charge in [-0.25, -0.2) is 0 Å². The molecule has 8 heavy (non-hydrogen) atoms. The number of hydrogen-bond donors (Lipinski definition) is 0. The van der Waals surface area contributed by atoms with Crippen LogP contribution in [-0.4, -0.2) is 0 Å². The number of hydrogen-bond acceptors (Lipinski definition) is 0. The molecule has 1 atom stereocenters. The molecule has 0 heteroatoms. The van der Waals surface area contributed by atoms with E-state index >= 15 is 0 Å². The molecule has 2 saturated carbocycles. The van der Waals surface area contributed by atoms with Crippen molar-refractivity contribution >= 4 is 0 Å². The van der Waals surface area contributed by atoms with Crippen molar-refractivity contribution in [2.45, 2.75) is 33.1 Å². The summed E-state index contributed by atoms with van der Waals surface area (Å²) < 4.78 is 0. The minimum absolute atomic E-state index is 0.751. The summed E-state index contributed by atoms with van der Waals surface area (Å²) in [7, 11) is 0. The quantitative estimate of drug-likeness (QED) is 0.486. The summed E-state index contributed by atoms with van der Waals surface area (Å²) in [6.07, 6.45) is 4.58. The van der Waals surface area contributed by atoms with E-state index in [1.165, 1.54) is 19.3 Å². The van der Waals surface area contributed by atoms with Crippen LogP contribution in [0.3, 0.4) is 0 Å². The lowest BCUT2D eigenvalue weighted by Gasteiger charge is -1.97. The average molecular weight is 110 g/mol. The van der Waals surface area contributed by atoms with Gasteiger partial charge in [0.1, 0.15) is 0 Å². The van der Waals surface area contributed by atoms with Crippen LogP contribution in [0.5, 0.6) is 0 Å². The van der Waals surface area contributed by atoms with E-state index in [-0.39, 0.29) is 0 Å². The maximum Gasteiger partial charge on any atom is -0.0320 e. The van der Waals surface area contributed by atoms with Gasteiger partial charge < -0.3 is 0 Å². The zero-order chi connectivity index (χ0) is 5.78. The summed E-state index contributed by atoms with van der Waals surface area (Å²) in [6, 6.07) is 0. The maximum atomic E-state index is 2.40. The van der Waals surface area contributed by atoms with Crippen molar-refractivity contribution in [1.29, 1.82) is 0 Å². The van der Waals surface area contributed by atoms with Gasteiger partial charge in [0.2, 0.25) is 0 Å². The zero-order valence-corrected chi connectivity index (χ0v) is 5.78. The van der Waals surface area contributed by atoms with Crippen molar-refractivity contribution in [2.75, 3.05) is 0 Å². The van der Waals surface area contributed by atoms with Crippen LogP contribution in [0.25, 0.3) is 0 Å². The average Bonchev–Trinajstić information content (AvgIpc) is 2.37. The standard InChI is InChI=1S/C8H14/c1-8(2)5-7(8)6-3-4-6/h6-7H,3-5H2,1-2H3. The van der Waals surface area contributed by atoms with Crippen LogP contribution in [-0.2, 0) is 0 Å². The van der Waals surface area contributed by atoms with Gasteiger partial charge in [0.25, 0.3) is 0 Å². The first kappa shape index (κ1) is 4.84. The van der Waals surface area contributed by atoms with Crippen molar-refractivity contribution in [2.24, 2.45) is 17.3 Å². The van der Waals surface area contributed by atoms with E-state index < -0.39 is 0 Å². The first-order valence-electron chi connectivity index (χ1n) is 3.70. The Morgan fingerprint density at radius 2 is 1.75 bits per heavy atom. The van der Waals surface area contributed by atoms with Gasteiger partial charge >= 0.3 is 0 Å². The minimum Gasteiger partial charge on any atom is -0.0596 e. The van der Waals surface area contributed by atoms with Crippen molar-refractivity contribution in [1.82, 2.24) is 0 Å². The largest absolute Gasteiger partial charge is 0.0596 e. The smallest absolute Gasteiger partial charge is 0.0320 e. The normalized spacial score (nSPS) is 42.0. The van der Waals surface area contributed by atoms with Gasteiger partial charge in [-0.05, 0) is 36.5 Å². The summed E-state index contributed by atoms with van der Waals surface area (Å²) in [5.41, 5.74) is 0.751. The van der Waals surface area contributed by atoms with Crippen LogP contribution in [0.15, 0.2) is 0 Å². The van der Waals surface area contributed by atoms with Crippen LogP contribution >= 0.6 is 0 Å². The molecular formula is C8H14. The molecule has 2 rings (SSSR count). The fraction of sp³-hybridized carbons (Fsp3) is 1.00. The van der Waals surface area contributed by atoms with Crippen LogP contribution < -0.4 is 0 Å². The van der Waals surface area contributed by atoms with Gasteiger partial charge in [-0.2, -0.15) is 0 Å². The van der Waals surface area contributed by atoms with E-state index in [1.807, 2.05) is 0 Å². The Labute approximate surface area is 51.3 Å². The fourth-order valence-electron chi connectivity index (χ4n) is 1.81. The summed E-state index contributed by atoms with van der Waals surface area (Å²) in [5.74, 6) is 2.28. The molecule has 1 unspecified atom stereocenters. The molecule has 0 aromatic carbocycles. The summed E-state index contributed by atoms with van der Waals surface area (Å²) >= 11 is 0. The Morgan fingerprint density at radius 3 is 1.88 bits per heavy atom. The molecule has 2 aliphatic rings. The maximum absolute atomic E-state index is 2.40. The van der Waals surface area contributed by atoms with E-state index in [9.17, 15) is 0 Å². The molecule has 46 valence electrons. The van der Waals surface area contributed by atoms with Crippen LogP contribution in [0.2, 0.25) is 0 Å². The molecule has 2 aliphatic carbocycles. The molecule has 0 heterocycles. The molecule has 0 bridgehead atoms. The molecular weight excluding hydrogens is 96.1 g/mol. The van der Waals surface area contributed by atoms with Crippen LogP contribution in [0.4, 0.5) is 0 Å². The summed E-state index contributed by atoms with van der Waals surface area (Å²) in [5, 5.41) is 0. The highest BCUT2D eigenvalue weighted by atomic mass is 14.6. The van der Waals surface area contributed by atoms with Crippen LogP contribution in [0, 0.1) is 17.3 Å². The Balaban J connectivity index is 1.95. The Bertz CT molecular complexity index is 109. The third-order valence-electron chi connectivity index (χ3n) is 2.78. The molecule has 0 saturated heterocycles. The minimum atomic E-state index is 0.751. The number of rotatable bonds is 1. The highest BCUT2D eigenvalue weighted by Gasteiger charge is 2.53. The van der Waals surface area contributed by atoms with E-state index in [1.54, 1.807) is 0 Å². The SMILES string of the molecule is CC1(C)CC1C1CC1. The van der Waals surface area contributed by atoms with E-state index in [0.29, 0.717) is 0 Å². The lowest BCUT2D eigenvalue weighted by molar-refractivity contribution is 0.519. The van der Waals surface area contributed by atoms with Gasteiger partial charge in [0.05, 0.1) is 0 Å². The van der Waals surface area contributed by atoms with Gasteiger partial charge in [-0.1, -0.05) is 13.8 Å². The zero-order valence-electron chi connectivity index (χ0n) is 5.78. The van der Waals surface area contributed by atoms with Gasteiger partial charge in [-0.15, -0.1) is 0 Å². The van der Waals surface area contributed by atoms with E-state index in [0.717, 1.165) is 17.3 Å². The highest BCUT2D eigenvalue weighted by molar-refractivity contribution is 5.02. The predicted molar refractivity (Wildman–Crippen MR) is 34.6 cm³/mol. The fourth-order valence-corrected chi connectivity index (χ4v) is 1.81. The molecule has 0 nitrogen and oxygen atoms in total. The predicted octanol–water partition coefficient (Wildman–Crippen LogP) is 2.44. The Kier molecular flexibility index (Phi) is 0.678. The topological polar surface area (TPSA) is 0 Å². The van der Waals surface area contributed by atoms with Gasteiger partial charge in [0.15, 0.2) is 0 Å². The second-order valence-electron chi connectivity index (χ2n) is 4.14. The van der Waals surface area contributed by atoms with E-state index in [2.05, 4.69) is 13.8 Å². The molecule has 0 radical (unpaired) electrons. The third kappa shape index (κ3) is 0.586. The van der Waals surface area contributed by atoms with E-state index in [4.69, 9.17) is 0 Å². The molecule has 0 aliphatic heterocycles. The first-order chi connectivity index (χ1) is 3.70. The van der Waals surface area contributed by atoms with Gasteiger partial charge in [-0.3, -0.25) is 0 Å². The van der Waals surface area contributed by atoms with Crippen molar-refractivity contribution in [3.8, 4) is 0 Å². The molecule has 0 amide bonds. The Hall–Kier alpha value is 0. The molecule has 0 aromatic rings. The molecule has 0 N–H and O–H groups in total. The van der Waals surface area contributed by atoms with Crippen molar-refractivity contribution in [3.63, 3.8) is 0 Å². The molecule has 0 aromatic heterocycles. The first-order valence-corrected chi connectivity index (χ1v) is 3.70. The molecule has 2 fully saturated rings. The summed E-state index contributed by atoms with van der Waals surface area (Å²) in [4.78, 5) is 0. The lowest BCUT2D eigenvalue weighted by Crippen LogP contribution is -1.90. The second kappa shape index (κ2) is 1.12.